The third-order valence-corrected chi connectivity index (χ3v) is 5.32. The van der Waals surface area contributed by atoms with E-state index in [4.69, 9.17) is 21.6 Å². The Labute approximate surface area is 178 Å². The Morgan fingerprint density at radius 1 is 1.27 bits per heavy atom. The first-order chi connectivity index (χ1) is 14.5. The molecular formula is C20H19ClN6O3. The molecule has 0 N–H and O–H groups in total. The molecule has 0 bridgehead atoms. The monoisotopic (exact) mass is 426 g/mol. The van der Waals surface area contributed by atoms with Crippen LogP contribution in [0, 0.1) is 11.3 Å². The second kappa shape index (κ2) is 8.55. The molecule has 1 atom stereocenters. The summed E-state index contributed by atoms with van der Waals surface area (Å²) in [5.74, 6) is 0.0354. The van der Waals surface area contributed by atoms with E-state index >= 15 is 0 Å². The zero-order valence-electron chi connectivity index (χ0n) is 16.1. The van der Waals surface area contributed by atoms with E-state index < -0.39 is 0 Å². The average molecular weight is 427 g/mol. The number of carbonyl (C=O) groups is 2. The van der Waals surface area contributed by atoms with Crippen LogP contribution in [0.3, 0.4) is 0 Å². The van der Waals surface area contributed by atoms with Gasteiger partial charge in [-0.15, -0.1) is 0 Å². The number of halogens is 1. The minimum absolute atomic E-state index is 0.0111. The number of rotatable bonds is 5. The lowest BCUT2D eigenvalue weighted by Crippen LogP contribution is -2.42. The maximum atomic E-state index is 12.7. The van der Waals surface area contributed by atoms with Crippen LogP contribution >= 0.6 is 11.6 Å². The quantitative estimate of drug-likeness (QED) is 0.723. The average Bonchev–Trinajstić information content (AvgIpc) is 3.36. The standard InChI is InChI=1S/C20H19ClN6O3/c21-14-2-1-3-15(10-14)27-9-8-26(20(27)29)13-18(28)25-7-4-16(12-25)30-19-17(11-22)23-5-6-24-19/h1-3,5-6,10,16H,4,7-9,12-13H2. The molecule has 4 rings (SSSR count). The number of aromatic nitrogens is 2. The fourth-order valence-corrected chi connectivity index (χ4v) is 3.76. The van der Waals surface area contributed by atoms with Gasteiger partial charge in [0.05, 0.1) is 6.54 Å². The molecule has 2 aliphatic rings. The maximum absolute atomic E-state index is 12.7. The number of hydrogen-bond donors (Lipinski definition) is 0. The summed E-state index contributed by atoms with van der Waals surface area (Å²) < 4.78 is 5.76. The number of urea groups is 1. The van der Waals surface area contributed by atoms with Gasteiger partial charge in [-0.3, -0.25) is 9.69 Å². The second-order valence-corrected chi connectivity index (χ2v) is 7.46. The molecule has 154 valence electrons. The highest BCUT2D eigenvalue weighted by molar-refractivity contribution is 6.30. The van der Waals surface area contributed by atoms with E-state index in [9.17, 15) is 9.59 Å². The van der Waals surface area contributed by atoms with Gasteiger partial charge in [-0.2, -0.15) is 5.26 Å². The highest BCUT2D eigenvalue weighted by Gasteiger charge is 2.34. The molecule has 10 heteroatoms. The van der Waals surface area contributed by atoms with E-state index in [2.05, 4.69) is 9.97 Å². The van der Waals surface area contributed by atoms with Gasteiger partial charge in [0.25, 0.3) is 5.88 Å². The van der Waals surface area contributed by atoms with E-state index in [1.165, 1.54) is 17.3 Å². The number of likely N-dealkylation sites (tertiary alicyclic amines) is 1. The Kier molecular flexibility index (Phi) is 5.68. The van der Waals surface area contributed by atoms with Crippen LogP contribution in [0.15, 0.2) is 36.7 Å². The molecule has 2 aliphatic heterocycles. The zero-order valence-corrected chi connectivity index (χ0v) is 16.8. The van der Waals surface area contributed by atoms with Gasteiger partial charge in [-0.25, -0.2) is 14.8 Å². The van der Waals surface area contributed by atoms with Crippen molar-refractivity contribution in [3.05, 3.63) is 47.4 Å². The van der Waals surface area contributed by atoms with Gasteiger partial charge in [0.15, 0.2) is 0 Å². The lowest BCUT2D eigenvalue weighted by molar-refractivity contribution is -0.130. The summed E-state index contributed by atoms with van der Waals surface area (Å²) in [6.45, 7) is 1.88. The van der Waals surface area contributed by atoms with E-state index in [1.54, 1.807) is 28.0 Å². The van der Waals surface area contributed by atoms with Crippen LogP contribution in [0.1, 0.15) is 12.1 Å². The van der Waals surface area contributed by atoms with Crippen molar-refractivity contribution in [2.24, 2.45) is 0 Å². The molecule has 1 aromatic heterocycles. The lowest BCUT2D eigenvalue weighted by atomic mass is 10.3. The summed E-state index contributed by atoms with van der Waals surface area (Å²) in [5.41, 5.74) is 0.834. The fourth-order valence-electron chi connectivity index (χ4n) is 3.57. The number of carbonyl (C=O) groups excluding carboxylic acids is 2. The molecule has 0 aliphatic carbocycles. The van der Waals surface area contributed by atoms with Gasteiger partial charge in [-0.1, -0.05) is 17.7 Å². The summed E-state index contributed by atoms with van der Waals surface area (Å²) in [5, 5.41) is 9.65. The Balaban J connectivity index is 1.33. The summed E-state index contributed by atoms with van der Waals surface area (Å²) in [4.78, 5) is 38.2. The van der Waals surface area contributed by atoms with Crippen molar-refractivity contribution >= 4 is 29.2 Å². The van der Waals surface area contributed by atoms with Crippen molar-refractivity contribution < 1.29 is 14.3 Å². The fraction of sp³-hybridized carbons (Fsp3) is 0.350. The number of nitrogens with zero attached hydrogens (tertiary/aromatic N) is 6. The van der Waals surface area contributed by atoms with Gasteiger partial charge < -0.3 is 14.5 Å². The molecule has 2 saturated heterocycles. The number of nitriles is 1. The summed E-state index contributed by atoms with van der Waals surface area (Å²) in [6, 6.07) is 8.82. The van der Waals surface area contributed by atoms with Crippen molar-refractivity contribution in [2.75, 3.05) is 37.6 Å². The van der Waals surface area contributed by atoms with Crippen LogP contribution in [0.5, 0.6) is 5.88 Å². The largest absolute Gasteiger partial charge is 0.470 e. The maximum Gasteiger partial charge on any atom is 0.325 e. The predicted molar refractivity (Wildman–Crippen MR) is 108 cm³/mol. The van der Waals surface area contributed by atoms with E-state index in [-0.39, 0.29) is 36.2 Å². The normalized spacial score (nSPS) is 18.6. The number of amides is 3. The smallest absolute Gasteiger partial charge is 0.325 e. The molecule has 0 radical (unpaired) electrons. The van der Waals surface area contributed by atoms with E-state index in [1.807, 2.05) is 12.1 Å². The number of benzene rings is 1. The Morgan fingerprint density at radius 3 is 2.90 bits per heavy atom. The van der Waals surface area contributed by atoms with Crippen LogP contribution < -0.4 is 9.64 Å². The first-order valence-corrected chi connectivity index (χ1v) is 9.90. The van der Waals surface area contributed by atoms with Gasteiger partial charge in [0, 0.05) is 49.2 Å². The van der Waals surface area contributed by atoms with Crippen molar-refractivity contribution in [3.8, 4) is 11.9 Å². The molecule has 2 aromatic rings. The minimum atomic E-state index is -0.269. The summed E-state index contributed by atoms with van der Waals surface area (Å²) >= 11 is 6.02. The lowest BCUT2D eigenvalue weighted by Gasteiger charge is -2.22. The Bertz CT molecular complexity index is 1010. The minimum Gasteiger partial charge on any atom is -0.470 e. The molecule has 1 aromatic carbocycles. The van der Waals surface area contributed by atoms with Crippen LogP contribution in [0.4, 0.5) is 10.5 Å². The molecule has 3 amide bonds. The van der Waals surface area contributed by atoms with Crippen LogP contribution in [-0.2, 0) is 4.79 Å². The highest BCUT2D eigenvalue weighted by atomic mass is 35.5. The van der Waals surface area contributed by atoms with Crippen molar-refractivity contribution in [3.63, 3.8) is 0 Å². The third kappa shape index (κ3) is 4.14. The second-order valence-electron chi connectivity index (χ2n) is 7.03. The topological polar surface area (TPSA) is 103 Å². The van der Waals surface area contributed by atoms with Crippen LogP contribution in [0.2, 0.25) is 5.02 Å². The molecule has 1 unspecified atom stereocenters. The van der Waals surface area contributed by atoms with Crippen molar-refractivity contribution in [1.82, 2.24) is 19.8 Å². The first-order valence-electron chi connectivity index (χ1n) is 9.52. The van der Waals surface area contributed by atoms with Crippen LogP contribution in [0.25, 0.3) is 0 Å². The first kappa shape index (κ1) is 19.9. The van der Waals surface area contributed by atoms with Crippen LogP contribution in [-0.4, -0.2) is 70.5 Å². The SMILES string of the molecule is N#Cc1nccnc1OC1CCN(C(=O)CN2CCN(c3cccc(Cl)c3)C2=O)C1. The highest BCUT2D eigenvalue weighted by Crippen LogP contribution is 2.24. The number of ether oxygens (including phenoxy) is 1. The molecule has 9 nitrogen and oxygen atoms in total. The zero-order chi connectivity index (χ0) is 21.1. The number of anilines is 1. The van der Waals surface area contributed by atoms with Gasteiger partial charge in [0.1, 0.15) is 18.7 Å². The molecule has 3 heterocycles. The van der Waals surface area contributed by atoms with Crippen molar-refractivity contribution in [1.29, 1.82) is 5.26 Å². The summed E-state index contributed by atoms with van der Waals surface area (Å²) in [7, 11) is 0. The Morgan fingerprint density at radius 2 is 2.10 bits per heavy atom. The number of hydrogen-bond acceptors (Lipinski definition) is 6. The van der Waals surface area contributed by atoms with Gasteiger partial charge in [0.2, 0.25) is 11.6 Å². The molecular weight excluding hydrogens is 408 g/mol. The summed E-state index contributed by atoms with van der Waals surface area (Å²) in [6.07, 6.45) is 3.24. The van der Waals surface area contributed by atoms with E-state index in [0.29, 0.717) is 43.3 Å². The van der Waals surface area contributed by atoms with E-state index in [0.717, 1.165) is 0 Å². The molecule has 2 fully saturated rings. The van der Waals surface area contributed by atoms with Gasteiger partial charge in [-0.05, 0) is 18.2 Å². The van der Waals surface area contributed by atoms with Crippen molar-refractivity contribution in [2.45, 2.75) is 12.5 Å². The molecule has 0 spiro atoms. The molecule has 30 heavy (non-hydrogen) atoms. The third-order valence-electron chi connectivity index (χ3n) is 5.09. The molecule has 0 saturated carbocycles. The van der Waals surface area contributed by atoms with Gasteiger partial charge >= 0.3 is 6.03 Å². The Hall–Kier alpha value is -3.38. The predicted octanol–water partition coefficient (Wildman–Crippen LogP) is 1.92.